The Hall–Kier alpha value is -1.08. The van der Waals surface area contributed by atoms with Crippen molar-refractivity contribution >= 4 is 11.6 Å². The third-order valence-corrected chi connectivity index (χ3v) is 3.03. The van der Waals surface area contributed by atoms with Crippen LogP contribution in [0.15, 0.2) is 18.2 Å². The minimum atomic E-state index is -0.306. The number of rotatable bonds is 5. The summed E-state index contributed by atoms with van der Waals surface area (Å²) in [6.45, 7) is 4.88. The third-order valence-electron chi connectivity index (χ3n) is 2.68. The Morgan fingerprint density at radius 1 is 1.53 bits per heavy atom. The summed E-state index contributed by atoms with van der Waals surface area (Å²) in [5, 5.41) is 9.27. The molecule has 1 aromatic carbocycles. The van der Waals surface area contributed by atoms with E-state index in [-0.39, 0.29) is 5.54 Å². The van der Waals surface area contributed by atoms with Gasteiger partial charge < -0.3 is 10.5 Å². The predicted octanol–water partition coefficient (Wildman–Crippen LogP) is 2.86. The van der Waals surface area contributed by atoms with Gasteiger partial charge in [-0.2, -0.15) is 5.26 Å². The monoisotopic (exact) mass is 252 g/mol. The van der Waals surface area contributed by atoms with E-state index in [0.29, 0.717) is 23.8 Å². The molecular weight excluding hydrogens is 236 g/mol. The van der Waals surface area contributed by atoms with Crippen LogP contribution >= 0.6 is 11.6 Å². The lowest BCUT2D eigenvalue weighted by molar-refractivity contribution is 0.0778. The molecular formula is C13H17ClN2O. The third kappa shape index (κ3) is 4.35. The molecule has 0 aliphatic carbocycles. The van der Waals surface area contributed by atoms with Crippen LogP contribution in [0.1, 0.15) is 31.4 Å². The second-order valence-electron chi connectivity index (χ2n) is 4.42. The van der Waals surface area contributed by atoms with Crippen LogP contribution in [0.3, 0.4) is 0 Å². The van der Waals surface area contributed by atoms with Crippen molar-refractivity contribution in [2.45, 2.75) is 32.4 Å². The highest BCUT2D eigenvalue weighted by Gasteiger charge is 2.15. The van der Waals surface area contributed by atoms with Gasteiger partial charge in [-0.15, -0.1) is 0 Å². The highest BCUT2D eigenvalue weighted by atomic mass is 35.5. The van der Waals surface area contributed by atoms with Gasteiger partial charge >= 0.3 is 0 Å². The number of nitriles is 1. The molecule has 1 unspecified atom stereocenters. The number of halogens is 1. The van der Waals surface area contributed by atoms with Crippen molar-refractivity contribution < 1.29 is 4.74 Å². The van der Waals surface area contributed by atoms with E-state index < -0.39 is 0 Å². The summed E-state index contributed by atoms with van der Waals surface area (Å²) in [5.74, 6) is 0. The average molecular weight is 253 g/mol. The van der Waals surface area contributed by atoms with E-state index in [1.807, 2.05) is 19.9 Å². The Labute approximate surface area is 107 Å². The van der Waals surface area contributed by atoms with Gasteiger partial charge in [0.1, 0.15) is 0 Å². The first kappa shape index (κ1) is 14.0. The highest BCUT2D eigenvalue weighted by molar-refractivity contribution is 6.31. The van der Waals surface area contributed by atoms with Gasteiger partial charge in [-0.05, 0) is 31.0 Å². The van der Waals surface area contributed by atoms with Gasteiger partial charge in [0.15, 0.2) is 0 Å². The summed E-state index contributed by atoms with van der Waals surface area (Å²) in [6.07, 6.45) is 0.855. The normalized spacial score (nSPS) is 14.1. The molecule has 2 N–H and O–H groups in total. The first-order valence-corrected chi connectivity index (χ1v) is 5.91. The second kappa shape index (κ2) is 6.02. The molecule has 0 radical (unpaired) electrons. The maximum atomic E-state index is 8.71. The Morgan fingerprint density at radius 3 is 2.76 bits per heavy atom. The lowest BCUT2D eigenvalue weighted by atomic mass is 10.0. The lowest BCUT2D eigenvalue weighted by Gasteiger charge is -2.22. The molecule has 3 nitrogen and oxygen atoms in total. The standard InChI is InChI=1S/C13H17ClN2O/c1-3-13(2,16)9-17-8-11-5-4-10(7-15)6-12(11)14/h4-6H,3,8-9,16H2,1-2H3. The average Bonchev–Trinajstić information content (AvgIpc) is 2.31. The molecule has 0 fully saturated rings. The van der Waals surface area contributed by atoms with E-state index in [1.165, 1.54) is 0 Å². The van der Waals surface area contributed by atoms with Gasteiger partial charge in [-0.1, -0.05) is 24.6 Å². The van der Waals surface area contributed by atoms with E-state index in [0.717, 1.165) is 12.0 Å². The number of hydrogen-bond acceptors (Lipinski definition) is 3. The van der Waals surface area contributed by atoms with Gasteiger partial charge in [-0.3, -0.25) is 0 Å². The van der Waals surface area contributed by atoms with E-state index in [2.05, 4.69) is 0 Å². The van der Waals surface area contributed by atoms with Crippen molar-refractivity contribution in [1.82, 2.24) is 0 Å². The number of nitrogens with two attached hydrogens (primary N) is 1. The first-order chi connectivity index (χ1) is 7.98. The zero-order valence-corrected chi connectivity index (χ0v) is 10.9. The van der Waals surface area contributed by atoms with Crippen molar-refractivity contribution in [2.24, 2.45) is 5.73 Å². The van der Waals surface area contributed by atoms with Crippen LogP contribution in [0.2, 0.25) is 5.02 Å². The Bertz CT molecular complexity index is 424. The number of benzene rings is 1. The van der Waals surface area contributed by atoms with Gasteiger partial charge in [0.05, 0.1) is 24.8 Å². The van der Waals surface area contributed by atoms with Crippen molar-refractivity contribution in [1.29, 1.82) is 5.26 Å². The van der Waals surface area contributed by atoms with E-state index in [4.69, 9.17) is 27.3 Å². The molecule has 0 aliphatic heterocycles. The molecule has 0 amide bonds. The topological polar surface area (TPSA) is 59.0 Å². The Morgan fingerprint density at radius 2 is 2.24 bits per heavy atom. The van der Waals surface area contributed by atoms with E-state index >= 15 is 0 Å². The minimum Gasteiger partial charge on any atom is -0.375 e. The zero-order chi connectivity index (χ0) is 12.9. The number of ether oxygens (including phenoxy) is 1. The molecule has 0 aromatic heterocycles. The molecule has 0 spiro atoms. The zero-order valence-electron chi connectivity index (χ0n) is 10.2. The number of nitrogens with zero attached hydrogens (tertiary/aromatic N) is 1. The summed E-state index contributed by atoms with van der Waals surface area (Å²) in [6, 6.07) is 7.21. The fourth-order valence-electron chi connectivity index (χ4n) is 1.23. The maximum absolute atomic E-state index is 8.71. The quantitative estimate of drug-likeness (QED) is 0.877. The first-order valence-electron chi connectivity index (χ1n) is 5.53. The highest BCUT2D eigenvalue weighted by Crippen LogP contribution is 2.19. The smallest absolute Gasteiger partial charge is 0.0992 e. The van der Waals surface area contributed by atoms with Gasteiger partial charge in [0.25, 0.3) is 0 Å². The Kier molecular flexibility index (Phi) is 4.95. The van der Waals surface area contributed by atoms with Crippen LogP contribution in [0, 0.1) is 11.3 Å². The SMILES string of the molecule is CCC(C)(N)COCc1ccc(C#N)cc1Cl. The molecule has 1 atom stereocenters. The minimum absolute atomic E-state index is 0.306. The molecule has 1 rings (SSSR count). The summed E-state index contributed by atoms with van der Waals surface area (Å²) in [7, 11) is 0. The Balaban J connectivity index is 2.56. The molecule has 0 heterocycles. The number of hydrogen-bond donors (Lipinski definition) is 1. The molecule has 92 valence electrons. The van der Waals surface area contributed by atoms with Crippen LogP contribution < -0.4 is 5.73 Å². The van der Waals surface area contributed by atoms with Crippen molar-refractivity contribution in [3.05, 3.63) is 34.3 Å². The molecule has 1 aromatic rings. The molecule has 0 aliphatic rings. The summed E-state index contributed by atoms with van der Waals surface area (Å²) >= 11 is 6.03. The summed E-state index contributed by atoms with van der Waals surface area (Å²) in [4.78, 5) is 0. The predicted molar refractivity (Wildman–Crippen MR) is 68.7 cm³/mol. The fraction of sp³-hybridized carbons (Fsp3) is 0.462. The van der Waals surface area contributed by atoms with Crippen molar-refractivity contribution in [3.8, 4) is 6.07 Å². The van der Waals surface area contributed by atoms with Gasteiger partial charge in [0, 0.05) is 10.6 Å². The summed E-state index contributed by atoms with van der Waals surface area (Å²) < 4.78 is 5.54. The molecule has 4 heteroatoms. The van der Waals surface area contributed by atoms with Crippen molar-refractivity contribution in [2.75, 3.05) is 6.61 Å². The fourth-order valence-corrected chi connectivity index (χ4v) is 1.47. The molecule has 0 bridgehead atoms. The van der Waals surface area contributed by atoms with Crippen LogP contribution in [0.5, 0.6) is 0 Å². The van der Waals surface area contributed by atoms with Crippen LogP contribution in [0.4, 0.5) is 0 Å². The van der Waals surface area contributed by atoms with E-state index in [1.54, 1.807) is 18.2 Å². The molecule has 17 heavy (non-hydrogen) atoms. The lowest BCUT2D eigenvalue weighted by Crippen LogP contribution is -2.40. The van der Waals surface area contributed by atoms with Gasteiger partial charge in [0.2, 0.25) is 0 Å². The van der Waals surface area contributed by atoms with Gasteiger partial charge in [-0.25, -0.2) is 0 Å². The second-order valence-corrected chi connectivity index (χ2v) is 4.83. The maximum Gasteiger partial charge on any atom is 0.0992 e. The van der Waals surface area contributed by atoms with E-state index in [9.17, 15) is 0 Å². The van der Waals surface area contributed by atoms with Crippen LogP contribution in [-0.2, 0) is 11.3 Å². The van der Waals surface area contributed by atoms with Crippen LogP contribution in [-0.4, -0.2) is 12.1 Å². The largest absolute Gasteiger partial charge is 0.375 e. The van der Waals surface area contributed by atoms with Crippen molar-refractivity contribution in [3.63, 3.8) is 0 Å². The summed E-state index contributed by atoms with van der Waals surface area (Å²) in [5.41, 5.74) is 7.08. The van der Waals surface area contributed by atoms with Crippen LogP contribution in [0.25, 0.3) is 0 Å². The molecule has 0 saturated carbocycles. The molecule has 0 saturated heterocycles.